The van der Waals surface area contributed by atoms with Crippen molar-refractivity contribution < 1.29 is 4.79 Å². The van der Waals surface area contributed by atoms with E-state index >= 15 is 0 Å². The number of nitrogens with zero attached hydrogens (tertiary/aromatic N) is 2. The number of amides is 1. The maximum absolute atomic E-state index is 11.6. The van der Waals surface area contributed by atoms with Crippen LogP contribution in [0.4, 0.5) is 5.69 Å². The molecule has 0 aliphatic carbocycles. The summed E-state index contributed by atoms with van der Waals surface area (Å²) in [5.74, 6) is -0.279. The number of anilines is 1. The molecule has 0 fully saturated rings. The van der Waals surface area contributed by atoms with Crippen molar-refractivity contribution in [2.45, 2.75) is 6.54 Å². The van der Waals surface area contributed by atoms with Crippen LogP contribution in [0.15, 0.2) is 30.7 Å². The standard InChI is InChI=1S/C10H11N5O/c11-8-6-14-15-9(8)10(16)13-5-7-2-1-3-12-4-7/h1-4,6H,5,11H2,(H,13,16)(H,14,15). The largest absolute Gasteiger partial charge is 0.396 e. The summed E-state index contributed by atoms with van der Waals surface area (Å²) < 4.78 is 0. The Balaban J connectivity index is 1.97. The van der Waals surface area contributed by atoms with Crippen LogP contribution in [0.3, 0.4) is 0 Å². The Bertz CT molecular complexity index is 479. The van der Waals surface area contributed by atoms with Gasteiger partial charge in [-0.1, -0.05) is 6.07 Å². The van der Waals surface area contributed by atoms with E-state index in [4.69, 9.17) is 5.73 Å². The quantitative estimate of drug-likeness (QED) is 0.689. The topological polar surface area (TPSA) is 96.7 Å². The zero-order valence-corrected chi connectivity index (χ0v) is 8.47. The molecule has 0 aromatic carbocycles. The van der Waals surface area contributed by atoms with E-state index in [1.54, 1.807) is 12.4 Å². The molecular weight excluding hydrogens is 206 g/mol. The number of H-pyrrole nitrogens is 1. The van der Waals surface area contributed by atoms with Gasteiger partial charge in [-0.25, -0.2) is 0 Å². The Kier molecular flexibility index (Phi) is 2.81. The first-order valence-electron chi connectivity index (χ1n) is 4.73. The molecule has 2 rings (SSSR count). The first-order chi connectivity index (χ1) is 7.77. The summed E-state index contributed by atoms with van der Waals surface area (Å²) >= 11 is 0. The molecule has 0 saturated heterocycles. The SMILES string of the molecule is Nc1cn[nH]c1C(=O)NCc1cccnc1. The summed E-state index contributed by atoms with van der Waals surface area (Å²) in [6.07, 6.45) is 4.77. The van der Waals surface area contributed by atoms with Crippen molar-refractivity contribution in [2.75, 3.05) is 5.73 Å². The Morgan fingerprint density at radius 1 is 1.50 bits per heavy atom. The Hall–Kier alpha value is -2.37. The molecule has 0 spiro atoms. The number of aromatic nitrogens is 3. The predicted octanol–water partition coefficient (Wildman–Crippen LogP) is 0.317. The lowest BCUT2D eigenvalue weighted by Gasteiger charge is -2.03. The van der Waals surface area contributed by atoms with E-state index in [9.17, 15) is 4.79 Å². The number of hydrogen-bond donors (Lipinski definition) is 3. The molecule has 0 atom stereocenters. The number of nitrogens with one attached hydrogen (secondary N) is 2. The number of carbonyl (C=O) groups is 1. The third-order valence-electron chi connectivity index (χ3n) is 2.07. The highest BCUT2D eigenvalue weighted by atomic mass is 16.1. The number of nitrogen functional groups attached to an aromatic ring is 1. The molecule has 2 heterocycles. The Morgan fingerprint density at radius 3 is 3.00 bits per heavy atom. The molecule has 0 unspecified atom stereocenters. The molecule has 4 N–H and O–H groups in total. The minimum Gasteiger partial charge on any atom is -0.396 e. The summed E-state index contributed by atoms with van der Waals surface area (Å²) in [6, 6.07) is 3.69. The molecule has 16 heavy (non-hydrogen) atoms. The third kappa shape index (κ3) is 2.17. The van der Waals surface area contributed by atoms with E-state index in [0.717, 1.165) is 5.56 Å². The maximum Gasteiger partial charge on any atom is 0.271 e. The Labute approximate surface area is 91.9 Å². The summed E-state index contributed by atoms with van der Waals surface area (Å²) in [7, 11) is 0. The molecule has 2 aromatic heterocycles. The molecule has 2 aromatic rings. The minimum atomic E-state index is -0.279. The molecule has 0 aliphatic heterocycles. The van der Waals surface area contributed by atoms with Crippen LogP contribution < -0.4 is 11.1 Å². The number of hydrogen-bond acceptors (Lipinski definition) is 4. The molecule has 82 valence electrons. The summed E-state index contributed by atoms with van der Waals surface area (Å²) in [4.78, 5) is 15.6. The number of carbonyl (C=O) groups excluding carboxylic acids is 1. The highest BCUT2D eigenvalue weighted by Crippen LogP contribution is 2.05. The van der Waals surface area contributed by atoms with Gasteiger partial charge in [0.1, 0.15) is 5.69 Å². The lowest BCUT2D eigenvalue weighted by Crippen LogP contribution is -2.24. The highest BCUT2D eigenvalue weighted by molar-refractivity contribution is 5.96. The van der Waals surface area contributed by atoms with Crippen LogP contribution >= 0.6 is 0 Å². The molecule has 6 heteroatoms. The van der Waals surface area contributed by atoms with Crippen LogP contribution in [-0.4, -0.2) is 21.1 Å². The van der Waals surface area contributed by atoms with Crippen molar-refractivity contribution in [3.8, 4) is 0 Å². The van der Waals surface area contributed by atoms with Crippen LogP contribution in [0.5, 0.6) is 0 Å². The normalized spacial score (nSPS) is 10.0. The van der Waals surface area contributed by atoms with Gasteiger partial charge in [-0.15, -0.1) is 0 Å². The van der Waals surface area contributed by atoms with Crippen molar-refractivity contribution in [2.24, 2.45) is 0 Å². The van der Waals surface area contributed by atoms with Gasteiger partial charge in [-0.3, -0.25) is 14.9 Å². The van der Waals surface area contributed by atoms with Gasteiger partial charge in [-0.05, 0) is 11.6 Å². The van der Waals surface area contributed by atoms with Gasteiger partial charge in [-0.2, -0.15) is 5.10 Å². The number of aromatic amines is 1. The smallest absolute Gasteiger partial charge is 0.271 e. The molecule has 0 aliphatic rings. The average Bonchev–Trinajstić information content (AvgIpc) is 2.74. The van der Waals surface area contributed by atoms with Gasteiger partial charge in [0.2, 0.25) is 0 Å². The van der Waals surface area contributed by atoms with E-state index in [1.807, 2.05) is 12.1 Å². The molecular formula is C10H11N5O. The van der Waals surface area contributed by atoms with Gasteiger partial charge in [0.05, 0.1) is 11.9 Å². The summed E-state index contributed by atoms with van der Waals surface area (Å²) in [5.41, 5.74) is 7.09. The number of nitrogens with two attached hydrogens (primary N) is 1. The van der Waals surface area contributed by atoms with Gasteiger partial charge in [0.15, 0.2) is 0 Å². The zero-order valence-electron chi connectivity index (χ0n) is 8.47. The maximum atomic E-state index is 11.6. The predicted molar refractivity (Wildman–Crippen MR) is 58.4 cm³/mol. The highest BCUT2D eigenvalue weighted by Gasteiger charge is 2.10. The lowest BCUT2D eigenvalue weighted by atomic mass is 10.3. The average molecular weight is 217 g/mol. The molecule has 6 nitrogen and oxygen atoms in total. The van der Waals surface area contributed by atoms with Crippen molar-refractivity contribution in [3.05, 3.63) is 42.0 Å². The van der Waals surface area contributed by atoms with E-state index in [2.05, 4.69) is 20.5 Å². The van der Waals surface area contributed by atoms with Crippen molar-refractivity contribution in [3.63, 3.8) is 0 Å². The van der Waals surface area contributed by atoms with Crippen LogP contribution in [0.2, 0.25) is 0 Å². The van der Waals surface area contributed by atoms with Crippen LogP contribution in [0.1, 0.15) is 16.1 Å². The fourth-order valence-corrected chi connectivity index (χ4v) is 1.25. The first-order valence-corrected chi connectivity index (χ1v) is 4.73. The van der Waals surface area contributed by atoms with E-state index < -0.39 is 0 Å². The van der Waals surface area contributed by atoms with Gasteiger partial charge < -0.3 is 11.1 Å². The molecule has 1 amide bonds. The molecule has 0 radical (unpaired) electrons. The Morgan fingerprint density at radius 2 is 2.38 bits per heavy atom. The molecule has 0 bridgehead atoms. The van der Waals surface area contributed by atoms with Gasteiger partial charge >= 0.3 is 0 Å². The van der Waals surface area contributed by atoms with Crippen LogP contribution in [0.25, 0.3) is 0 Å². The van der Waals surface area contributed by atoms with Crippen LogP contribution in [0, 0.1) is 0 Å². The van der Waals surface area contributed by atoms with E-state index in [1.165, 1.54) is 6.20 Å². The lowest BCUT2D eigenvalue weighted by molar-refractivity contribution is 0.0947. The van der Waals surface area contributed by atoms with Gasteiger partial charge in [0.25, 0.3) is 5.91 Å². The first kappa shape index (κ1) is 10.2. The summed E-state index contributed by atoms with van der Waals surface area (Å²) in [6.45, 7) is 0.408. The fourth-order valence-electron chi connectivity index (χ4n) is 1.25. The van der Waals surface area contributed by atoms with Gasteiger partial charge in [0, 0.05) is 18.9 Å². The van der Waals surface area contributed by atoms with Crippen molar-refractivity contribution in [1.29, 1.82) is 0 Å². The number of pyridine rings is 1. The monoisotopic (exact) mass is 217 g/mol. The van der Waals surface area contributed by atoms with E-state index in [0.29, 0.717) is 12.2 Å². The number of rotatable bonds is 3. The van der Waals surface area contributed by atoms with Crippen molar-refractivity contribution >= 4 is 11.6 Å². The fraction of sp³-hybridized carbons (Fsp3) is 0.100. The second kappa shape index (κ2) is 4.43. The minimum absolute atomic E-state index is 0.279. The third-order valence-corrected chi connectivity index (χ3v) is 2.07. The second-order valence-corrected chi connectivity index (χ2v) is 3.24. The molecule has 0 saturated carbocycles. The second-order valence-electron chi connectivity index (χ2n) is 3.24. The zero-order chi connectivity index (χ0) is 11.4. The summed E-state index contributed by atoms with van der Waals surface area (Å²) in [5, 5.41) is 8.93. The van der Waals surface area contributed by atoms with E-state index in [-0.39, 0.29) is 11.6 Å². The van der Waals surface area contributed by atoms with Crippen molar-refractivity contribution in [1.82, 2.24) is 20.5 Å². The van der Waals surface area contributed by atoms with Crippen LogP contribution in [-0.2, 0) is 6.54 Å².